The number of anilines is 1. The van der Waals surface area contributed by atoms with E-state index >= 15 is 0 Å². The lowest BCUT2D eigenvalue weighted by Crippen LogP contribution is -2.42. The number of hydrogen-bond acceptors (Lipinski definition) is 6. The van der Waals surface area contributed by atoms with Crippen molar-refractivity contribution in [2.75, 3.05) is 57.9 Å². The molecule has 6 nitrogen and oxygen atoms in total. The molecule has 2 aliphatic rings. The van der Waals surface area contributed by atoms with Gasteiger partial charge in [-0.1, -0.05) is 18.2 Å². The summed E-state index contributed by atoms with van der Waals surface area (Å²) < 4.78 is 40.8. The third-order valence-electron chi connectivity index (χ3n) is 5.30. The number of benzene rings is 1. The Hall–Kier alpha value is -1.81. The Balaban J connectivity index is 1.97. The quantitative estimate of drug-likeness (QED) is 0.607. The van der Waals surface area contributed by atoms with Crippen LogP contribution in [0.2, 0.25) is 0 Å². The first-order valence-corrected chi connectivity index (χ1v) is 9.33. The number of hydrogen-bond donors (Lipinski definition) is 2. The van der Waals surface area contributed by atoms with Crippen molar-refractivity contribution in [3.63, 3.8) is 0 Å². The average molecular weight is 401 g/mol. The minimum atomic E-state index is -4.44. The van der Waals surface area contributed by atoms with Crippen LogP contribution >= 0.6 is 0 Å². The van der Waals surface area contributed by atoms with Gasteiger partial charge in [0.1, 0.15) is 0 Å². The minimum absolute atomic E-state index is 0.0363. The maximum Gasteiger partial charge on any atom is 0.485 e. The van der Waals surface area contributed by atoms with E-state index in [9.17, 15) is 23.4 Å². The van der Waals surface area contributed by atoms with Crippen LogP contribution in [0.3, 0.4) is 0 Å². The summed E-state index contributed by atoms with van der Waals surface area (Å²) in [6.45, 7) is 1.57. The molecule has 2 N–H and O–H groups in total. The summed E-state index contributed by atoms with van der Waals surface area (Å²) in [6.07, 6.45) is -0.520. The fourth-order valence-corrected chi connectivity index (χ4v) is 4.00. The average Bonchev–Trinajstić information content (AvgIpc) is 3.10. The van der Waals surface area contributed by atoms with E-state index in [0.717, 1.165) is 5.22 Å². The maximum absolute atomic E-state index is 13.6. The SMILES string of the molecule is CON1C=c2ccc3c(c2C(CCN(CCO)CCO)C1)N(C(F)(F)F)CC=3. The molecule has 0 aliphatic carbocycles. The summed E-state index contributed by atoms with van der Waals surface area (Å²) in [6, 6.07) is 3.55. The molecular weight excluding hydrogens is 375 g/mol. The van der Waals surface area contributed by atoms with Crippen LogP contribution in [-0.2, 0) is 4.84 Å². The summed E-state index contributed by atoms with van der Waals surface area (Å²) in [5.74, 6) is -0.175. The van der Waals surface area contributed by atoms with Crippen LogP contribution in [0.4, 0.5) is 18.9 Å². The Bertz CT molecular complexity index is 794. The van der Waals surface area contributed by atoms with Gasteiger partial charge in [-0.25, -0.2) is 0 Å². The fourth-order valence-electron chi connectivity index (χ4n) is 4.00. The molecule has 0 fully saturated rings. The van der Waals surface area contributed by atoms with Crippen LogP contribution in [0.25, 0.3) is 12.3 Å². The van der Waals surface area contributed by atoms with Crippen LogP contribution in [-0.4, -0.2) is 79.5 Å². The molecule has 1 atom stereocenters. The number of alkyl halides is 3. The van der Waals surface area contributed by atoms with Crippen molar-refractivity contribution in [3.8, 4) is 0 Å². The third kappa shape index (κ3) is 4.27. The molecule has 2 heterocycles. The summed E-state index contributed by atoms with van der Waals surface area (Å²) in [7, 11) is 1.53. The van der Waals surface area contributed by atoms with Crippen LogP contribution in [0.1, 0.15) is 17.9 Å². The van der Waals surface area contributed by atoms with Gasteiger partial charge in [-0.2, -0.15) is 13.2 Å². The number of nitrogens with zero attached hydrogens (tertiary/aromatic N) is 3. The Kier molecular flexibility index (Phi) is 6.49. The van der Waals surface area contributed by atoms with Gasteiger partial charge in [-0.05, 0) is 29.0 Å². The first-order chi connectivity index (χ1) is 13.4. The highest BCUT2D eigenvalue weighted by molar-refractivity contribution is 5.67. The molecule has 0 bridgehead atoms. The molecule has 28 heavy (non-hydrogen) atoms. The van der Waals surface area contributed by atoms with Crippen molar-refractivity contribution in [3.05, 3.63) is 28.1 Å². The zero-order chi connectivity index (χ0) is 20.3. The molecule has 156 valence electrons. The highest BCUT2D eigenvalue weighted by Crippen LogP contribution is 2.35. The monoisotopic (exact) mass is 401 g/mol. The zero-order valence-corrected chi connectivity index (χ0v) is 15.8. The largest absolute Gasteiger partial charge is 0.485 e. The highest BCUT2D eigenvalue weighted by Gasteiger charge is 2.41. The van der Waals surface area contributed by atoms with E-state index in [1.54, 1.807) is 23.4 Å². The molecular formula is C19H26F3N3O3. The van der Waals surface area contributed by atoms with Crippen molar-refractivity contribution < 1.29 is 28.2 Å². The van der Waals surface area contributed by atoms with Crippen LogP contribution in [0.5, 0.6) is 0 Å². The second-order valence-electron chi connectivity index (χ2n) is 6.97. The Morgan fingerprint density at radius 1 is 1.14 bits per heavy atom. The van der Waals surface area contributed by atoms with Crippen LogP contribution in [0, 0.1) is 0 Å². The van der Waals surface area contributed by atoms with Gasteiger partial charge >= 0.3 is 6.30 Å². The predicted octanol–water partition coefficient (Wildman–Crippen LogP) is 0.182. The van der Waals surface area contributed by atoms with Gasteiger partial charge in [-0.15, -0.1) is 0 Å². The Labute approximate surface area is 161 Å². The number of hydroxylamine groups is 2. The molecule has 0 spiro atoms. The zero-order valence-electron chi connectivity index (χ0n) is 15.8. The number of halogens is 3. The molecule has 0 saturated heterocycles. The van der Waals surface area contributed by atoms with E-state index < -0.39 is 6.30 Å². The first-order valence-electron chi connectivity index (χ1n) is 9.33. The molecule has 0 amide bonds. The molecule has 0 radical (unpaired) electrons. The van der Waals surface area contributed by atoms with Crippen molar-refractivity contribution in [2.45, 2.75) is 18.6 Å². The lowest BCUT2D eigenvalue weighted by molar-refractivity contribution is -0.127. The molecule has 9 heteroatoms. The molecule has 1 aromatic rings. The Morgan fingerprint density at radius 2 is 1.82 bits per heavy atom. The Morgan fingerprint density at radius 3 is 2.43 bits per heavy atom. The normalized spacial score (nSPS) is 18.8. The molecule has 0 saturated carbocycles. The van der Waals surface area contributed by atoms with Gasteiger partial charge < -0.3 is 10.2 Å². The van der Waals surface area contributed by atoms with Gasteiger partial charge in [0.05, 0.1) is 32.6 Å². The van der Waals surface area contributed by atoms with Crippen molar-refractivity contribution >= 4 is 18.0 Å². The predicted molar refractivity (Wildman–Crippen MR) is 99.7 cm³/mol. The smallest absolute Gasteiger partial charge is 0.395 e. The van der Waals surface area contributed by atoms with Crippen molar-refractivity contribution in [1.29, 1.82) is 0 Å². The first kappa shape index (κ1) is 20.9. The summed E-state index contributed by atoms with van der Waals surface area (Å²) in [4.78, 5) is 7.75. The molecule has 1 unspecified atom stereocenters. The number of fused-ring (bicyclic) bond motifs is 3. The second kappa shape index (κ2) is 8.69. The van der Waals surface area contributed by atoms with E-state index in [2.05, 4.69) is 0 Å². The fraction of sp³-hybridized carbons (Fsp3) is 0.579. The topological polar surface area (TPSA) is 59.4 Å². The number of aliphatic hydroxyl groups excluding tert-OH is 2. The van der Waals surface area contributed by atoms with Crippen molar-refractivity contribution in [2.24, 2.45) is 0 Å². The van der Waals surface area contributed by atoms with E-state index in [0.29, 0.717) is 48.3 Å². The summed E-state index contributed by atoms with van der Waals surface area (Å²) >= 11 is 0. The van der Waals surface area contributed by atoms with Gasteiger partial charge in [0.25, 0.3) is 0 Å². The van der Waals surface area contributed by atoms with E-state index in [1.807, 2.05) is 11.0 Å². The van der Waals surface area contributed by atoms with Gasteiger partial charge in [-0.3, -0.25) is 19.7 Å². The van der Waals surface area contributed by atoms with Crippen LogP contribution < -0.4 is 15.3 Å². The standard InChI is InChI=1S/C19H26F3N3O3/c1-28-24-12-15-3-2-14-5-7-25(19(20,21)22)18(14)17(15)16(13-24)4-6-23(8-10-26)9-11-27/h2-3,5,12,16,26-27H,4,6-11,13H2,1H3. The molecule has 3 rings (SSSR count). The van der Waals surface area contributed by atoms with Crippen molar-refractivity contribution in [1.82, 2.24) is 9.96 Å². The lowest BCUT2D eigenvalue weighted by Gasteiger charge is -2.34. The molecule has 1 aromatic carbocycles. The van der Waals surface area contributed by atoms with Gasteiger partial charge in [0.2, 0.25) is 0 Å². The van der Waals surface area contributed by atoms with E-state index in [4.69, 9.17) is 4.84 Å². The van der Waals surface area contributed by atoms with Crippen LogP contribution in [0.15, 0.2) is 12.1 Å². The van der Waals surface area contributed by atoms with E-state index in [1.165, 1.54) is 7.11 Å². The summed E-state index contributed by atoms with van der Waals surface area (Å²) in [5.41, 5.74) is 0.919. The maximum atomic E-state index is 13.6. The second-order valence-corrected chi connectivity index (χ2v) is 6.97. The van der Waals surface area contributed by atoms with Gasteiger partial charge in [0, 0.05) is 31.8 Å². The molecule has 2 aliphatic heterocycles. The van der Waals surface area contributed by atoms with Gasteiger partial charge in [0.15, 0.2) is 0 Å². The lowest BCUT2D eigenvalue weighted by atomic mass is 9.89. The highest BCUT2D eigenvalue weighted by atomic mass is 19.4. The summed E-state index contributed by atoms with van der Waals surface area (Å²) in [5, 5.41) is 21.4. The van der Waals surface area contributed by atoms with E-state index in [-0.39, 0.29) is 31.4 Å². The number of rotatable bonds is 8. The minimum Gasteiger partial charge on any atom is -0.395 e. The third-order valence-corrected chi connectivity index (χ3v) is 5.30. The molecule has 0 aromatic heterocycles. The number of aliphatic hydroxyl groups is 2.